The van der Waals surface area contributed by atoms with Gasteiger partial charge in [0.1, 0.15) is 12.4 Å². The molecule has 2 N–H and O–H groups in total. The van der Waals surface area contributed by atoms with Crippen LogP contribution in [0, 0.1) is 0 Å². The van der Waals surface area contributed by atoms with E-state index in [1.807, 2.05) is 24.3 Å². The number of ether oxygens (including phenoxy) is 1. The Morgan fingerprint density at radius 2 is 1.41 bits per heavy atom. The highest BCUT2D eigenvalue weighted by molar-refractivity contribution is 9.10. The van der Waals surface area contributed by atoms with Gasteiger partial charge in [0.2, 0.25) is 0 Å². The van der Waals surface area contributed by atoms with Gasteiger partial charge in [0.05, 0.1) is 0 Å². The maximum absolute atomic E-state index is 5.43. The van der Waals surface area contributed by atoms with Gasteiger partial charge in [-0.2, -0.15) is 0 Å². The second-order valence-corrected chi connectivity index (χ2v) is 4.58. The van der Waals surface area contributed by atoms with Crippen LogP contribution < -0.4 is 10.5 Å². The monoisotopic (exact) mass is 291 g/mol. The van der Waals surface area contributed by atoms with Gasteiger partial charge >= 0.3 is 0 Å². The summed E-state index contributed by atoms with van der Waals surface area (Å²) < 4.78 is 6.52. The summed E-state index contributed by atoms with van der Waals surface area (Å²) >= 11 is 3.43. The molecular weight excluding hydrogens is 278 g/mol. The molecule has 0 heterocycles. The van der Waals surface area contributed by atoms with Gasteiger partial charge in [-0.1, -0.05) is 40.2 Å². The van der Waals surface area contributed by atoms with E-state index >= 15 is 0 Å². The maximum Gasteiger partial charge on any atom is 0.119 e. The second kappa shape index (κ2) is 5.84. The van der Waals surface area contributed by atoms with E-state index in [1.165, 1.54) is 11.1 Å². The molecular formula is C14H14BrNO. The molecule has 0 amide bonds. The van der Waals surface area contributed by atoms with Crippen LogP contribution in [0.15, 0.2) is 53.0 Å². The minimum absolute atomic E-state index is 0.536. The highest BCUT2D eigenvalue weighted by Gasteiger charge is 1.98. The lowest BCUT2D eigenvalue weighted by atomic mass is 10.1. The SMILES string of the molecule is NCCOc1ccc(-c2ccc(Br)cc2)cc1. The van der Waals surface area contributed by atoms with Crippen LogP contribution in [0.25, 0.3) is 11.1 Å². The molecule has 0 atom stereocenters. The van der Waals surface area contributed by atoms with Crippen molar-refractivity contribution in [2.75, 3.05) is 13.2 Å². The molecule has 0 spiro atoms. The number of hydrogen-bond acceptors (Lipinski definition) is 2. The normalized spacial score (nSPS) is 10.2. The summed E-state index contributed by atoms with van der Waals surface area (Å²) in [6.07, 6.45) is 0. The number of hydrogen-bond donors (Lipinski definition) is 1. The lowest BCUT2D eigenvalue weighted by Gasteiger charge is -2.06. The summed E-state index contributed by atoms with van der Waals surface area (Å²) in [5.74, 6) is 0.858. The van der Waals surface area contributed by atoms with E-state index in [9.17, 15) is 0 Å². The minimum atomic E-state index is 0.536. The summed E-state index contributed by atoms with van der Waals surface area (Å²) in [5.41, 5.74) is 7.75. The lowest BCUT2D eigenvalue weighted by molar-refractivity contribution is 0.328. The largest absolute Gasteiger partial charge is 0.492 e. The first-order chi connectivity index (χ1) is 8.29. The maximum atomic E-state index is 5.43. The first-order valence-corrected chi connectivity index (χ1v) is 6.28. The van der Waals surface area contributed by atoms with E-state index in [0.717, 1.165) is 10.2 Å². The molecule has 2 aromatic carbocycles. The van der Waals surface area contributed by atoms with Crippen molar-refractivity contribution in [1.82, 2.24) is 0 Å². The Morgan fingerprint density at radius 1 is 0.882 bits per heavy atom. The first kappa shape index (κ1) is 12.1. The zero-order valence-corrected chi connectivity index (χ0v) is 11.0. The van der Waals surface area contributed by atoms with Crippen LogP contribution in [-0.2, 0) is 0 Å². The summed E-state index contributed by atoms with van der Waals surface area (Å²) in [5, 5.41) is 0. The Hall–Kier alpha value is -1.32. The van der Waals surface area contributed by atoms with E-state index in [4.69, 9.17) is 10.5 Å². The van der Waals surface area contributed by atoms with Gasteiger partial charge in [-0.3, -0.25) is 0 Å². The molecule has 0 saturated carbocycles. The fraction of sp³-hybridized carbons (Fsp3) is 0.143. The van der Waals surface area contributed by atoms with Gasteiger partial charge in [0.15, 0.2) is 0 Å². The van der Waals surface area contributed by atoms with Crippen molar-refractivity contribution >= 4 is 15.9 Å². The number of halogens is 1. The van der Waals surface area contributed by atoms with Gasteiger partial charge in [-0.15, -0.1) is 0 Å². The van der Waals surface area contributed by atoms with Gasteiger partial charge in [0.25, 0.3) is 0 Å². The third-order valence-electron chi connectivity index (χ3n) is 2.42. The lowest BCUT2D eigenvalue weighted by Crippen LogP contribution is -2.10. The smallest absolute Gasteiger partial charge is 0.119 e. The van der Waals surface area contributed by atoms with Crippen molar-refractivity contribution < 1.29 is 4.74 Å². The van der Waals surface area contributed by atoms with Crippen molar-refractivity contribution in [3.05, 3.63) is 53.0 Å². The predicted molar refractivity (Wildman–Crippen MR) is 74.1 cm³/mol. The van der Waals surface area contributed by atoms with Crippen LogP contribution in [0.1, 0.15) is 0 Å². The van der Waals surface area contributed by atoms with Crippen LogP contribution in [0.3, 0.4) is 0 Å². The van der Waals surface area contributed by atoms with Crippen molar-refractivity contribution in [1.29, 1.82) is 0 Å². The molecule has 0 aliphatic carbocycles. The molecule has 2 nitrogen and oxygen atoms in total. The van der Waals surface area contributed by atoms with E-state index in [1.54, 1.807) is 0 Å². The van der Waals surface area contributed by atoms with E-state index in [0.29, 0.717) is 13.2 Å². The van der Waals surface area contributed by atoms with Crippen molar-refractivity contribution in [3.8, 4) is 16.9 Å². The standard InChI is InChI=1S/C14H14BrNO/c15-13-5-1-11(2-6-13)12-3-7-14(8-4-12)17-10-9-16/h1-8H,9-10,16H2. The molecule has 2 rings (SSSR count). The van der Waals surface area contributed by atoms with Crippen molar-refractivity contribution in [2.45, 2.75) is 0 Å². The molecule has 0 unspecified atom stereocenters. The van der Waals surface area contributed by atoms with E-state index in [2.05, 4.69) is 40.2 Å². The molecule has 2 aromatic rings. The minimum Gasteiger partial charge on any atom is -0.492 e. The molecule has 0 aliphatic heterocycles. The van der Waals surface area contributed by atoms with Crippen LogP contribution in [0.5, 0.6) is 5.75 Å². The van der Waals surface area contributed by atoms with Crippen LogP contribution in [0.2, 0.25) is 0 Å². The summed E-state index contributed by atoms with van der Waals surface area (Å²) in [6.45, 7) is 1.09. The molecule has 3 heteroatoms. The Kier molecular flexibility index (Phi) is 4.18. The van der Waals surface area contributed by atoms with Crippen LogP contribution in [0.4, 0.5) is 0 Å². The molecule has 0 fully saturated rings. The number of benzene rings is 2. The van der Waals surface area contributed by atoms with E-state index in [-0.39, 0.29) is 0 Å². The Balaban J connectivity index is 2.14. The van der Waals surface area contributed by atoms with E-state index < -0.39 is 0 Å². The highest BCUT2D eigenvalue weighted by atomic mass is 79.9. The molecule has 17 heavy (non-hydrogen) atoms. The van der Waals surface area contributed by atoms with Gasteiger partial charge in [0, 0.05) is 11.0 Å². The fourth-order valence-electron chi connectivity index (χ4n) is 1.56. The Bertz CT molecular complexity index is 465. The number of nitrogens with two attached hydrogens (primary N) is 1. The molecule has 0 radical (unpaired) electrons. The summed E-state index contributed by atoms with van der Waals surface area (Å²) in [4.78, 5) is 0. The summed E-state index contributed by atoms with van der Waals surface area (Å²) in [7, 11) is 0. The zero-order chi connectivity index (χ0) is 12.1. The Labute approximate surface area is 110 Å². The average molecular weight is 292 g/mol. The molecule has 0 aromatic heterocycles. The predicted octanol–water partition coefficient (Wildman–Crippen LogP) is 3.45. The van der Waals surface area contributed by atoms with Gasteiger partial charge in [-0.05, 0) is 35.4 Å². The molecule has 0 bridgehead atoms. The zero-order valence-electron chi connectivity index (χ0n) is 9.40. The Morgan fingerprint density at radius 3 is 1.94 bits per heavy atom. The van der Waals surface area contributed by atoms with Gasteiger partial charge in [-0.25, -0.2) is 0 Å². The fourth-order valence-corrected chi connectivity index (χ4v) is 1.83. The molecule has 88 valence electrons. The van der Waals surface area contributed by atoms with Crippen LogP contribution >= 0.6 is 15.9 Å². The third kappa shape index (κ3) is 3.32. The number of rotatable bonds is 4. The third-order valence-corrected chi connectivity index (χ3v) is 2.95. The van der Waals surface area contributed by atoms with Gasteiger partial charge < -0.3 is 10.5 Å². The first-order valence-electron chi connectivity index (χ1n) is 5.48. The summed E-state index contributed by atoms with van der Waals surface area (Å²) in [6, 6.07) is 16.3. The van der Waals surface area contributed by atoms with Crippen molar-refractivity contribution in [3.63, 3.8) is 0 Å². The van der Waals surface area contributed by atoms with Crippen molar-refractivity contribution in [2.24, 2.45) is 5.73 Å². The molecule has 0 saturated heterocycles. The quantitative estimate of drug-likeness (QED) is 0.936. The average Bonchev–Trinajstić information content (AvgIpc) is 2.38. The second-order valence-electron chi connectivity index (χ2n) is 3.67. The van der Waals surface area contributed by atoms with Crippen LogP contribution in [-0.4, -0.2) is 13.2 Å². The molecule has 0 aliphatic rings. The topological polar surface area (TPSA) is 35.2 Å². The highest BCUT2D eigenvalue weighted by Crippen LogP contribution is 2.23.